The topological polar surface area (TPSA) is 55.4 Å². The molecule has 0 bridgehead atoms. The molecule has 0 aliphatic carbocycles. The first-order chi connectivity index (χ1) is 10.8. The Morgan fingerprint density at radius 1 is 1.17 bits per heavy atom. The lowest BCUT2D eigenvalue weighted by atomic mass is 9.99. The molecule has 0 aromatic heterocycles. The molecule has 0 unspecified atom stereocenters. The number of benzene rings is 2. The Balaban J connectivity index is 2.54. The molecule has 6 heteroatoms. The van der Waals surface area contributed by atoms with Gasteiger partial charge in [0, 0.05) is 5.02 Å². The Morgan fingerprint density at radius 3 is 2.48 bits per heavy atom. The van der Waals surface area contributed by atoms with Crippen molar-refractivity contribution in [3.8, 4) is 5.75 Å². The molecule has 1 N–H and O–H groups in total. The second-order valence-corrected chi connectivity index (χ2v) is 7.68. The van der Waals surface area contributed by atoms with Crippen LogP contribution in [0.1, 0.15) is 30.9 Å². The van der Waals surface area contributed by atoms with E-state index in [0.717, 1.165) is 11.1 Å². The number of halogens is 1. The van der Waals surface area contributed by atoms with Gasteiger partial charge in [0.25, 0.3) is 10.0 Å². The zero-order valence-electron chi connectivity index (χ0n) is 13.6. The maximum absolute atomic E-state index is 12.8. The number of nitrogens with one attached hydrogen (secondary N) is 1. The lowest BCUT2D eigenvalue weighted by molar-refractivity contribution is 0.403. The van der Waals surface area contributed by atoms with Crippen LogP contribution in [0, 0.1) is 6.92 Å². The summed E-state index contributed by atoms with van der Waals surface area (Å²) in [4.78, 5) is 0.0189. The van der Waals surface area contributed by atoms with E-state index in [2.05, 4.69) is 4.72 Å². The first-order valence-corrected chi connectivity index (χ1v) is 9.08. The van der Waals surface area contributed by atoms with Crippen molar-refractivity contribution in [2.45, 2.75) is 31.6 Å². The predicted octanol–water partition coefficient (Wildman–Crippen LogP) is 4.58. The molecule has 0 atom stereocenters. The third kappa shape index (κ3) is 3.79. The zero-order chi connectivity index (χ0) is 17.2. The quantitative estimate of drug-likeness (QED) is 0.855. The normalized spacial score (nSPS) is 11.6. The lowest BCUT2D eigenvalue weighted by Gasteiger charge is -2.18. The van der Waals surface area contributed by atoms with Crippen LogP contribution < -0.4 is 9.46 Å². The third-order valence-electron chi connectivity index (χ3n) is 3.58. The first kappa shape index (κ1) is 17.6. The maximum atomic E-state index is 12.8. The first-order valence-electron chi connectivity index (χ1n) is 7.22. The van der Waals surface area contributed by atoms with Crippen molar-refractivity contribution in [2.24, 2.45) is 0 Å². The maximum Gasteiger partial charge on any atom is 0.265 e. The highest BCUT2D eigenvalue weighted by atomic mass is 35.5. The summed E-state index contributed by atoms with van der Waals surface area (Å²) in [5.74, 6) is 0.440. The van der Waals surface area contributed by atoms with Gasteiger partial charge in [-0.25, -0.2) is 8.42 Å². The lowest BCUT2D eigenvalue weighted by Crippen LogP contribution is -2.16. The summed E-state index contributed by atoms with van der Waals surface area (Å²) in [5, 5.41) is 0.333. The third-order valence-corrected chi connectivity index (χ3v) is 5.18. The smallest absolute Gasteiger partial charge is 0.265 e. The van der Waals surface area contributed by atoms with E-state index >= 15 is 0 Å². The SMILES string of the molecule is COc1ccc(Cl)cc1S(=O)(=O)Nc1c(C)cccc1C(C)C. The highest BCUT2D eigenvalue weighted by molar-refractivity contribution is 7.92. The minimum Gasteiger partial charge on any atom is -0.495 e. The second kappa shape index (κ2) is 6.81. The van der Waals surface area contributed by atoms with Crippen molar-refractivity contribution in [1.29, 1.82) is 0 Å². The molecule has 0 aliphatic heterocycles. The molecule has 0 radical (unpaired) electrons. The standard InChI is InChI=1S/C17H20ClNO3S/c1-11(2)14-7-5-6-12(3)17(14)19-23(20,21)16-10-13(18)8-9-15(16)22-4/h5-11,19H,1-4H3. The Bertz CT molecular complexity index is 817. The highest BCUT2D eigenvalue weighted by Gasteiger charge is 2.22. The molecule has 2 aromatic rings. The molecule has 0 saturated carbocycles. The van der Waals surface area contributed by atoms with E-state index in [1.807, 2.05) is 39.0 Å². The average molecular weight is 354 g/mol. The molecule has 2 aromatic carbocycles. The molecule has 0 spiro atoms. The summed E-state index contributed by atoms with van der Waals surface area (Å²) < 4.78 is 33.5. The second-order valence-electron chi connectivity index (χ2n) is 5.59. The van der Waals surface area contributed by atoms with Gasteiger partial charge in [-0.15, -0.1) is 0 Å². The van der Waals surface area contributed by atoms with Crippen LogP contribution in [-0.2, 0) is 10.0 Å². The van der Waals surface area contributed by atoms with Crippen LogP contribution in [-0.4, -0.2) is 15.5 Å². The minimum absolute atomic E-state index is 0.0189. The summed E-state index contributed by atoms with van der Waals surface area (Å²) in [6.07, 6.45) is 0. The number of para-hydroxylation sites is 1. The van der Waals surface area contributed by atoms with Crippen molar-refractivity contribution in [1.82, 2.24) is 0 Å². The largest absolute Gasteiger partial charge is 0.495 e. The molecule has 4 nitrogen and oxygen atoms in total. The molecule has 0 aliphatic rings. The van der Waals surface area contributed by atoms with Crippen LogP contribution in [0.15, 0.2) is 41.3 Å². The molecule has 0 heterocycles. The molecule has 0 amide bonds. The van der Waals surface area contributed by atoms with Crippen LogP contribution in [0.5, 0.6) is 5.75 Å². The van der Waals surface area contributed by atoms with E-state index in [9.17, 15) is 8.42 Å². The van der Waals surface area contributed by atoms with Crippen molar-refractivity contribution in [3.05, 3.63) is 52.5 Å². The summed E-state index contributed by atoms with van der Waals surface area (Å²) >= 11 is 5.95. The molecule has 2 rings (SSSR count). The van der Waals surface area contributed by atoms with E-state index in [1.54, 1.807) is 6.07 Å². The molecular formula is C17H20ClNO3S. The minimum atomic E-state index is -3.82. The van der Waals surface area contributed by atoms with E-state index in [4.69, 9.17) is 16.3 Å². The Labute approximate surface area is 142 Å². The molecule has 124 valence electrons. The highest BCUT2D eigenvalue weighted by Crippen LogP contribution is 2.32. The van der Waals surface area contributed by atoms with Crippen LogP contribution in [0.4, 0.5) is 5.69 Å². The fourth-order valence-corrected chi connectivity index (χ4v) is 3.95. The van der Waals surface area contributed by atoms with Crippen molar-refractivity contribution >= 4 is 27.3 Å². The van der Waals surface area contributed by atoms with Crippen LogP contribution in [0.2, 0.25) is 5.02 Å². The Morgan fingerprint density at radius 2 is 1.87 bits per heavy atom. The number of rotatable bonds is 5. The van der Waals surface area contributed by atoms with Crippen LogP contribution in [0.25, 0.3) is 0 Å². The molecular weight excluding hydrogens is 334 g/mol. The Kier molecular flexibility index (Phi) is 5.22. The number of aryl methyl sites for hydroxylation is 1. The number of methoxy groups -OCH3 is 1. The number of hydrogen-bond donors (Lipinski definition) is 1. The number of hydrogen-bond acceptors (Lipinski definition) is 3. The average Bonchev–Trinajstić information content (AvgIpc) is 2.49. The zero-order valence-corrected chi connectivity index (χ0v) is 15.1. The van der Waals surface area contributed by atoms with Crippen molar-refractivity contribution in [3.63, 3.8) is 0 Å². The molecule has 0 fully saturated rings. The van der Waals surface area contributed by atoms with Crippen molar-refractivity contribution < 1.29 is 13.2 Å². The van der Waals surface area contributed by atoms with Gasteiger partial charge >= 0.3 is 0 Å². The molecule has 23 heavy (non-hydrogen) atoms. The van der Waals surface area contributed by atoms with Gasteiger partial charge in [0.05, 0.1) is 12.8 Å². The monoisotopic (exact) mass is 353 g/mol. The van der Waals surface area contributed by atoms with Gasteiger partial charge in [-0.05, 0) is 42.2 Å². The summed E-state index contributed by atoms with van der Waals surface area (Å²) in [6.45, 7) is 5.91. The summed E-state index contributed by atoms with van der Waals surface area (Å²) in [5.41, 5.74) is 2.40. The van der Waals surface area contributed by atoms with E-state index in [1.165, 1.54) is 19.2 Å². The number of anilines is 1. The van der Waals surface area contributed by atoms with Gasteiger partial charge in [-0.3, -0.25) is 4.72 Å². The van der Waals surface area contributed by atoms with E-state index < -0.39 is 10.0 Å². The van der Waals surface area contributed by atoms with E-state index in [-0.39, 0.29) is 16.6 Å². The van der Waals surface area contributed by atoms with E-state index in [0.29, 0.717) is 10.7 Å². The Hall–Kier alpha value is -1.72. The van der Waals surface area contributed by atoms with Gasteiger partial charge in [-0.2, -0.15) is 0 Å². The van der Waals surface area contributed by atoms with Crippen LogP contribution >= 0.6 is 11.6 Å². The van der Waals surface area contributed by atoms with Gasteiger partial charge in [-0.1, -0.05) is 43.6 Å². The fourth-order valence-electron chi connectivity index (χ4n) is 2.36. The van der Waals surface area contributed by atoms with Gasteiger partial charge in [0.2, 0.25) is 0 Å². The van der Waals surface area contributed by atoms with Crippen molar-refractivity contribution in [2.75, 3.05) is 11.8 Å². The van der Waals surface area contributed by atoms with Gasteiger partial charge in [0.15, 0.2) is 0 Å². The summed E-state index contributed by atoms with van der Waals surface area (Å²) in [7, 11) is -2.39. The van der Waals surface area contributed by atoms with Crippen LogP contribution in [0.3, 0.4) is 0 Å². The van der Waals surface area contributed by atoms with Gasteiger partial charge in [0.1, 0.15) is 10.6 Å². The predicted molar refractivity (Wildman–Crippen MR) is 94.1 cm³/mol. The summed E-state index contributed by atoms with van der Waals surface area (Å²) in [6, 6.07) is 10.2. The number of ether oxygens (including phenoxy) is 1. The van der Waals surface area contributed by atoms with Gasteiger partial charge < -0.3 is 4.74 Å². The number of sulfonamides is 1. The molecule has 0 saturated heterocycles. The fraction of sp³-hybridized carbons (Fsp3) is 0.294.